The maximum atomic E-state index is 8.82. The van der Waals surface area contributed by atoms with Crippen LogP contribution in [0, 0.1) is 11.3 Å². The minimum atomic E-state index is 0.350. The third-order valence-corrected chi connectivity index (χ3v) is 4.06. The molecular formula is C17H12Cl2N6. The van der Waals surface area contributed by atoms with Crippen LogP contribution in [-0.4, -0.2) is 15.0 Å². The molecule has 0 spiro atoms. The summed E-state index contributed by atoms with van der Waals surface area (Å²) >= 11 is 12.4. The Morgan fingerprint density at radius 3 is 2.40 bits per heavy atom. The lowest BCUT2D eigenvalue weighted by Crippen LogP contribution is -2.04. The number of anilines is 3. The van der Waals surface area contributed by atoms with Crippen LogP contribution in [0.2, 0.25) is 10.0 Å². The third kappa shape index (κ3) is 4.15. The number of rotatable bonds is 4. The number of aromatic nitrogens is 3. The van der Waals surface area contributed by atoms with E-state index in [0.717, 1.165) is 5.69 Å². The lowest BCUT2D eigenvalue weighted by Gasteiger charge is -2.09. The molecule has 0 radical (unpaired) electrons. The Morgan fingerprint density at radius 2 is 1.76 bits per heavy atom. The second-order valence-corrected chi connectivity index (χ2v) is 5.99. The molecule has 1 heterocycles. The van der Waals surface area contributed by atoms with E-state index in [2.05, 4.69) is 26.3 Å². The van der Waals surface area contributed by atoms with Crippen LogP contribution in [0.4, 0.5) is 17.3 Å². The third-order valence-electron chi connectivity index (χ3n) is 3.39. The van der Waals surface area contributed by atoms with Gasteiger partial charge in [0.2, 0.25) is 5.95 Å². The van der Waals surface area contributed by atoms with Crippen LogP contribution in [0.3, 0.4) is 0 Å². The molecule has 124 valence electrons. The van der Waals surface area contributed by atoms with Crippen molar-refractivity contribution in [2.75, 3.05) is 11.1 Å². The van der Waals surface area contributed by atoms with Crippen LogP contribution in [0.15, 0.2) is 42.7 Å². The average molecular weight is 371 g/mol. The Kier molecular flexibility index (Phi) is 4.98. The number of nitrogens with zero attached hydrogens (tertiary/aromatic N) is 4. The molecule has 0 atom stereocenters. The van der Waals surface area contributed by atoms with E-state index in [1.807, 2.05) is 0 Å². The molecule has 0 aliphatic carbocycles. The van der Waals surface area contributed by atoms with Crippen LogP contribution in [-0.2, 0) is 6.42 Å². The van der Waals surface area contributed by atoms with Gasteiger partial charge >= 0.3 is 0 Å². The molecule has 0 saturated heterocycles. The normalized spacial score (nSPS) is 10.3. The molecule has 6 nitrogen and oxygen atoms in total. The summed E-state index contributed by atoms with van der Waals surface area (Å²) < 4.78 is 0. The van der Waals surface area contributed by atoms with E-state index < -0.39 is 0 Å². The lowest BCUT2D eigenvalue weighted by atomic mass is 10.1. The molecule has 1 aromatic heterocycles. The second kappa shape index (κ2) is 7.34. The maximum Gasteiger partial charge on any atom is 0.230 e. The smallest absolute Gasteiger partial charge is 0.230 e. The summed E-state index contributed by atoms with van der Waals surface area (Å²) in [7, 11) is 0. The van der Waals surface area contributed by atoms with Crippen LogP contribution in [0.5, 0.6) is 0 Å². The Bertz CT molecular complexity index is 927. The van der Waals surface area contributed by atoms with Crippen molar-refractivity contribution in [3.8, 4) is 6.07 Å². The minimum absolute atomic E-state index is 0.350. The summed E-state index contributed by atoms with van der Waals surface area (Å²) in [6.07, 6.45) is 1.76. The van der Waals surface area contributed by atoms with Crippen molar-refractivity contribution in [3.05, 3.63) is 69.7 Å². The first-order valence-electron chi connectivity index (χ1n) is 7.23. The summed E-state index contributed by atoms with van der Waals surface area (Å²) in [5.41, 5.74) is 8.25. The summed E-state index contributed by atoms with van der Waals surface area (Å²) in [5.74, 6) is 0.900. The van der Waals surface area contributed by atoms with E-state index in [1.54, 1.807) is 36.4 Å². The molecule has 0 amide bonds. The predicted octanol–water partition coefficient (Wildman–Crippen LogP) is 3.97. The second-order valence-electron chi connectivity index (χ2n) is 5.18. The van der Waals surface area contributed by atoms with Crippen LogP contribution in [0.25, 0.3) is 0 Å². The zero-order valence-corrected chi connectivity index (χ0v) is 14.4. The molecule has 3 N–H and O–H groups in total. The molecule has 0 unspecified atom stereocenters. The SMILES string of the molecule is N#Cc1ccc(Nc2ncnc(Cc3c(Cl)cc(N)cc3Cl)n2)cc1. The number of nitrogens with two attached hydrogens (primary N) is 1. The van der Waals surface area contributed by atoms with Crippen LogP contribution in [0.1, 0.15) is 17.0 Å². The number of halogens is 2. The van der Waals surface area contributed by atoms with Crippen molar-refractivity contribution in [1.29, 1.82) is 5.26 Å². The number of hydrogen-bond acceptors (Lipinski definition) is 6. The maximum absolute atomic E-state index is 8.82. The van der Waals surface area contributed by atoms with E-state index >= 15 is 0 Å². The molecule has 0 fully saturated rings. The van der Waals surface area contributed by atoms with Crippen molar-refractivity contribution < 1.29 is 0 Å². The molecule has 8 heteroatoms. The summed E-state index contributed by atoms with van der Waals surface area (Å²) in [6, 6.07) is 12.3. The Morgan fingerprint density at radius 1 is 1.08 bits per heavy atom. The highest BCUT2D eigenvalue weighted by molar-refractivity contribution is 6.36. The molecule has 2 aromatic carbocycles. The summed E-state index contributed by atoms with van der Waals surface area (Å²) in [5, 5.41) is 12.8. The number of nitrogen functional groups attached to an aromatic ring is 1. The predicted molar refractivity (Wildman–Crippen MR) is 97.9 cm³/mol. The highest BCUT2D eigenvalue weighted by Crippen LogP contribution is 2.29. The molecule has 0 aliphatic rings. The first-order valence-corrected chi connectivity index (χ1v) is 7.99. The fourth-order valence-electron chi connectivity index (χ4n) is 2.18. The van der Waals surface area contributed by atoms with E-state index in [9.17, 15) is 0 Å². The quantitative estimate of drug-likeness (QED) is 0.673. The van der Waals surface area contributed by atoms with Gasteiger partial charge in [0.25, 0.3) is 0 Å². The van der Waals surface area contributed by atoms with Gasteiger partial charge in [0, 0.05) is 27.8 Å². The van der Waals surface area contributed by atoms with Gasteiger partial charge < -0.3 is 11.1 Å². The molecule has 0 saturated carbocycles. The van der Waals surface area contributed by atoms with Gasteiger partial charge in [0.15, 0.2) is 0 Å². The zero-order chi connectivity index (χ0) is 17.8. The Labute approximate surface area is 154 Å². The van der Waals surface area contributed by atoms with Gasteiger partial charge in [0.1, 0.15) is 12.2 Å². The van der Waals surface area contributed by atoms with Crippen LogP contribution < -0.4 is 11.1 Å². The molecular weight excluding hydrogens is 359 g/mol. The Balaban J connectivity index is 1.81. The van der Waals surface area contributed by atoms with E-state index in [-0.39, 0.29) is 0 Å². The fraction of sp³-hybridized carbons (Fsp3) is 0.0588. The molecule has 25 heavy (non-hydrogen) atoms. The van der Waals surface area contributed by atoms with Crippen LogP contribution >= 0.6 is 23.2 Å². The number of nitrogens with one attached hydrogen (secondary N) is 1. The monoisotopic (exact) mass is 370 g/mol. The largest absolute Gasteiger partial charge is 0.399 e. The fourth-order valence-corrected chi connectivity index (χ4v) is 2.82. The van der Waals surface area contributed by atoms with Gasteiger partial charge in [-0.2, -0.15) is 10.2 Å². The minimum Gasteiger partial charge on any atom is -0.399 e. The van der Waals surface area contributed by atoms with Crippen molar-refractivity contribution in [2.45, 2.75) is 6.42 Å². The first kappa shape index (κ1) is 17.0. The number of hydrogen-bond donors (Lipinski definition) is 2. The zero-order valence-electron chi connectivity index (χ0n) is 12.9. The van der Waals surface area contributed by atoms with Gasteiger partial charge in [-0.1, -0.05) is 23.2 Å². The molecule has 0 bridgehead atoms. The van der Waals surface area contributed by atoms with Crippen molar-refractivity contribution in [2.24, 2.45) is 0 Å². The highest BCUT2D eigenvalue weighted by Gasteiger charge is 2.11. The summed E-state index contributed by atoms with van der Waals surface area (Å²) in [6.45, 7) is 0. The van der Waals surface area contributed by atoms with E-state index in [0.29, 0.717) is 45.1 Å². The van der Waals surface area contributed by atoms with Crippen molar-refractivity contribution in [3.63, 3.8) is 0 Å². The van der Waals surface area contributed by atoms with Gasteiger partial charge in [-0.25, -0.2) is 9.97 Å². The number of benzene rings is 2. The van der Waals surface area contributed by atoms with Gasteiger partial charge in [-0.3, -0.25) is 0 Å². The van der Waals surface area contributed by atoms with Crippen molar-refractivity contribution >= 4 is 40.5 Å². The topological polar surface area (TPSA) is 101 Å². The summed E-state index contributed by atoms with van der Waals surface area (Å²) in [4.78, 5) is 12.6. The van der Waals surface area contributed by atoms with Gasteiger partial charge in [0.05, 0.1) is 11.6 Å². The highest BCUT2D eigenvalue weighted by atomic mass is 35.5. The van der Waals surface area contributed by atoms with E-state index in [4.69, 9.17) is 34.2 Å². The molecule has 0 aliphatic heterocycles. The van der Waals surface area contributed by atoms with E-state index in [1.165, 1.54) is 6.33 Å². The standard InChI is InChI=1S/C17H12Cl2N6/c18-14-5-11(21)6-15(19)13(14)7-16-22-9-23-17(25-16)24-12-3-1-10(8-20)2-4-12/h1-6,9H,7,21H2,(H,22,23,24,25). The van der Waals surface area contributed by atoms with Gasteiger partial charge in [-0.15, -0.1) is 0 Å². The number of nitriles is 1. The van der Waals surface area contributed by atoms with Crippen molar-refractivity contribution in [1.82, 2.24) is 15.0 Å². The molecule has 3 aromatic rings. The first-order chi connectivity index (χ1) is 12.0. The molecule has 3 rings (SSSR count). The Hall–Kier alpha value is -2.88. The average Bonchev–Trinajstić information content (AvgIpc) is 2.59. The van der Waals surface area contributed by atoms with Gasteiger partial charge in [-0.05, 0) is 42.0 Å². The lowest BCUT2D eigenvalue weighted by molar-refractivity contribution is 0.925.